The highest BCUT2D eigenvalue weighted by Crippen LogP contribution is 2.46. The van der Waals surface area contributed by atoms with Gasteiger partial charge in [-0.3, -0.25) is 28.8 Å². The van der Waals surface area contributed by atoms with Gasteiger partial charge in [0.25, 0.3) is 33.4 Å². The van der Waals surface area contributed by atoms with E-state index in [0.29, 0.717) is 0 Å². The molecule has 0 N–H and O–H groups in total. The zero-order valence-electron chi connectivity index (χ0n) is 24.5. The minimum atomic E-state index is -1.91. The van der Waals surface area contributed by atoms with Crippen LogP contribution in [-0.2, 0) is 0 Å². The van der Waals surface area contributed by atoms with Crippen molar-refractivity contribution in [2.24, 2.45) is 0 Å². The summed E-state index contributed by atoms with van der Waals surface area (Å²) in [6, 6.07) is 0. The molecule has 0 aliphatic rings. The van der Waals surface area contributed by atoms with E-state index in [-0.39, 0.29) is 13.7 Å². The number of halogens is 15. The molecule has 0 spiro atoms. The summed E-state index contributed by atoms with van der Waals surface area (Å²) in [6.07, 6.45) is 0. The molecule has 0 aliphatic carbocycles. The molecule has 0 aliphatic heterocycles. The van der Waals surface area contributed by atoms with E-state index >= 15 is 8.78 Å². The Morgan fingerprint density at radius 3 is 0.796 bits per heavy atom. The largest absolute Gasteiger partial charge is 0.268 e. The van der Waals surface area contributed by atoms with Crippen molar-refractivity contribution in [2.45, 2.75) is 0 Å². The molecule has 0 unspecified atom stereocenters. The van der Waals surface area contributed by atoms with Crippen molar-refractivity contribution in [1.82, 2.24) is 13.7 Å². The van der Waals surface area contributed by atoms with Crippen molar-refractivity contribution in [3.63, 3.8) is 0 Å². The third kappa shape index (κ3) is 4.87. The van der Waals surface area contributed by atoms with E-state index in [1.807, 2.05) is 0 Å². The molecule has 4 aromatic carbocycles. The Morgan fingerprint density at radius 1 is 0.259 bits per heavy atom. The van der Waals surface area contributed by atoms with E-state index in [1.54, 1.807) is 0 Å². The molecule has 0 amide bonds. The second-order valence-electron chi connectivity index (χ2n) is 10.8. The lowest BCUT2D eigenvalue weighted by Crippen LogP contribution is -2.27. The van der Waals surface area contributed by atoms with Crippen LogP contribution < -0.4 is 33.4 Å². The monoisotopic (exact) mass is 959 g/mol. The number of benzene rings is 4. The number of rotatable bonds is 3. The average Bonchev–Trinajstić information content (AvgIpc) is 3.65. The molecule has 7 aromatic rings. The van der Waals surface area contributed by atoms with Gasteiger partial charge in [0.15, 0.2) is 23.3 Å². The summed E-state index contributed by atoms with van der Waals surface area (Å²) < 4.78 is 60.4. The first kappa shape index (κ1) is 39.4. The Bertz CT molecular complexity index is 2750. The average molecular weight is 964 g/mol. The zero-order chi connectivity index (χ0) is 40.1. The Labute approximate surface area is 346 Å². The van der Waals surface area contributed by atoms with Crippen molar-refractivity contribution in [1.29, 1.82) is 0 Å². The molecule has 0 fully saturated rings. The summed E-state index contributed by atoms with van der Waals surface area (Å²) >= 11 is 66.4. The molecule has 7 rings (SSSR count). The minimum Gasteiger partial charge on any atom is -0.268 e. The van der Waals surface area contributed by atoms with E-state index in [1.165, 1.54) is 0 Å². The second-order valence-corrected chi connectivity index (χ2v) is 15.0. The molecule has 0 saturated carbocycles. The summed E-state index contributed by atoms with van der Waals surface area (Å²) in [5.74, 6) is -7.39. The molecular weight excluding hydrogens is 964 g/mol. The van der Waals surface area contributed by atoms with Crippen LogP contribution in [0.2, 0.25) is 55.2 Å². The fraction of sp³-hybridized carbons (Fsp3) is 0. The molecule has 24 heteroatoms. The highest BCUT2D eigenvalue weighted by atomic mass is 35.5. The Hall–Kier alpha value is -2.79. The van der Waals surface area contributed by atoms with E-state index in [2.05, 4.69) is 0 Å². The standard InChI is InChI=1S/C30Cl11F4N3O6/c31-7-8(32)14(38)22(15(39)9(7)33)46-25(49)1-2-4(28(52)47(27(2)51)23-16(40)13(37)18(42)19(43)17(23)41)6-5(3(1)26(46)50)29(53)48(30(6)54)24-20(44)11(35)10(34)12(36)21(24)45. The van der Waals surface area contributed by atoms with Crippen LogP contribution in [0.25, 0.3) is 49.4 Å². The highest BCUT2D eigenvalue weighted by Gasteiger charge is 2.37. The van der Waals surface area contributed by atoms with Gasteiger partial charge in [-0.15, -0.1) is 0 Å². The summed E-state index contributed by atoms with van der Waals surface area (Å²) in [7, 11) is 0. The Balaban J connectivity index is 1.86. The second kappa shape index (κ2) is 13.1. The third-order valence-electron chi connectivity index (χ3n) is 8.23. The van der Waals surface area contributed by atoms with Crippen LogP contribution in [0.5, 0.6) is 0 Å². The zero-order valence-corrected chi connectivity index (χ0v) is 32.8. The first-order valence-corrected chi connectivity index (χ1v) is 17.7. The van der Waals surface area contributed by atoms with Crippen LogP contribution in [0.4, 0.5) is 17.6 Å². The summed E-state index contributed by atoms with van der Waals surface area (Å²) in [4.78, 5) is 85.7. The maximum Gasteiger partial charge on any atom is 0.267 e. The van der Waals surface area contributed by atoms with Gasteiger partial charge in [-0.05, 0) is 0 Å². The minimum absolute atomic E-state index is 0.0434. The molecule has 0 saturated heterocycles. The van der Waals surface area contributed by atoms with E-state index in [0.717, 1.165) is 0 Å². The summed E-state index contributed by atoms with van der Waals surface area (Å²) in [6.45, 7) is 0. The number of nitrogens with zero attached hydrogens (tertiary/aromatic N) is 3. The molecule has 3 heterocycles. The Kier molecular flexibility index (Phi) is 9.60. The van der Waals surface area contributed by atoms with Crippen molar-refractivity contribution in [3.8, 4) is 17.1 Å². The molecular formula is C30Cl11F4N3O6. The maximum absolute atomic E-state index is 15.6. The lowest BCUT2D eigenvalue weighted by molar-refractivity contribution is 0.508. The number of hydrogen-bond donors (Lipinski definition) is 0. The number of aromatic nitrogens is 3. The van der Waals surface area contributed by atoms with Crippen molar-refractivity contribution in [3.05, 3.63) is 141 Å². The number of fused-ring (bicyclic) bond motifs is 6. The predicted molar refractivity (Wildman–Crippen MR) is 203 cm³/mol. The smallest absolute Gasteiger partial charge is 0.267 e. The fourth-order valence-corrected chi connectivity index (χ4v) is 8.58. The van der Waals surface area contributed by atoms with Crippen LogP contribution in [0, 0.1) is 23.3 Å². The van der Waals surface area contributed by atoms with Gasteiger partial charge in [0.05, 0.1) is 88.9 Å². The van der Waals surface area contributed by atoms with E-state index in [4.69, 9.17) is 128 Å². The fourth-order valence-electron chi connectivity index (χ4n) is 5.96. The summed E-state index contributed by atoms with van der Waals surface area (Å²) in [5, 5.41) is -16.4. The van der Waals surface area contributed by atoms with Gasteiger partial charge in [0.2, 0.25) is 0 Å². The lowest BCUT2D eigenvalue weighted by Gasteiger charge is -2.12. The normalized spacial score (nSPS) is 12.1. The van der Waals surface area contributed by atoms with E-state index < -0.39 is 161 Å². The third-order valence-corrected chi connectivity index (χ3v) is 12.9. The molecule has 0 bridgehead atoms. The van der Waals surface area contributed by atoms with Crippen molar-refractivity contribution in [2.75, 3.05) is 0 Å². The molecule has 0 atom stereocenters. The SMILES string of the molecule is O=c1c2c(c(=O)n1-c1c(F)c(Cl)c(Cl)c(Cl)c1F)c1c(=O)n(-c3c(Cl)c(Cl)c(Cl)c(Cl)c3Cl)c(=O)c1c1c(=O)n(-c3c(Cl)c(F)c(F)c(Cl)c3Cl)c(=O)c21. The van der Waals surface area contributed by atoms with Gasteiger partial charge in [-0.1, -0.05) is 128 Å². The molecule has 276 valence electrons. The molecule has 54 heavy (non-hydrogen) atoms. The van der Waals surface area contributed by atoms with Gasteiger partial charge < -0.3 is 0 Å². The van der Waals surface area contributed by atoms with Crippen LogP contribution in [0.15, 0.2) is 28.8 Å². The van der Waals surface area contributed by atoms with E-state index in [9.17, 15) is 37.5 Å². The topological polar surface area (TPSA) is 117 Å². The predicted octanol–water partition coefficient (Wildman–Crippen LogP) is 9.74. The van der Waals surface area contributed by atoms with Crippen molar-refractivity contribution < 1.29 is 17.6 Å². The van der Waals surface area contributed by atoms with Gasteiger partial charge in [0.1, 0.15) is 15.7 Å². The number of hydrogen-bond acceptors (Lipinski definition) is 6. The first-order chi connectivity index (χ1) is 25.1. The highest BCUT2D eigenvalue weighted by molar-refractivity contribution is 6.56. The molecule has 0 radical (unpaired) electrons. The van der Waals surface area contributed by atoms with Gasteiger partial charge in [0, 0.05) is 0 Å². The van der Waals surface area contributed by atoms with Crippen LogP contribution in [-0.4, -0.2) is 13.7 Å². The first-order valence-electron chi connectivity index (χ1n) is 13.6. The van der Waals surface area contributed by atoms with Gasteiger partial charge in [-0.25, -0.2) is 31.3 Å². The Morgan fingerprint density at radius 2 is 0.463 bits per heavy atom. The lowest BCUT2D eigenvalue weighted by atomic mass is 10.0. The van der Waals surface area contributed by atoms with Gasteiger partial charge in [-0.2, -0.15) is 0 Å². The van der Waals surface area contributed by atoms with Crippen molar-refractivity contribution >= 4 is 160 Å². The molecule has 9 nitrogen and oxygen atoms in total. The van der Waals surface area contributed by atoms with Crippen LogP contribution in [0.3, 0.4) is 0 Å². The molecule has 3 aromatic heterocycles. The maximum atomic E-state index is 15.6. The van der Waals surface area contributed by atoms with Gasteiger partial charge >= 0.3 is 0 Å². The quantitative estimate of drug-likeness (QED) is 0.0990. The van der Waals surface area contributed by atoms with Crippen LogP contribution in [0.1, 0.15) is 0 Å². The van der Waals surface area contributed by atoms with Crippen LogP contribution >= 0.6 is 128 Å². The summed E-state index contributed by atoms with van der Waals surface area (Å²) in [5.41, 5.74) is -13.6.